The lowest BCUT2D eigenvalue weighted by Crippen LogP contribution is -2.57. The first-order valence-corrected chi connectivity index (χ1v) is 42.3. The van der Waals surface area contributed by atoms with Gasteiger partial charge >= 0.3 is 0 Å². The summed E-state index contributed by atoms with van der Waals surface area (Å²) in [6.45, 7) is 60.2. The van der Waals surface area contributed by atoms with Gasteiger partial charge in [0.2, 0.25) is 18.1 Å². The summed E-state index contributed by atoms with van der Waals surface area (Å²) < 4.78 is 8.96. The molecule has 0 bridgehead atoms. The van der Waals surface area contributed by atoms with Crippen molar-refractivity contribution in [1.82, 2.24) is 0 Å². The first kappa shape index (κ1) is 80.7. The third kappa shape index (κ3) is 23.2. The van der Waals surface area contributed by atoms with Crippen molar-refractivity contribution < 1.29 is 4.12 Å². The van der Waals surface area contributed by atoms with Gasteiger partial charge in [-0.15, -0.1) is 0 Å². The van der Waals surface area contributed by atoms with Gasteiger partial charge in [0.05, 0.1) is 0 Å². The highest BCUT2D eigenvalue weighted by molar-refractivity contribution is 6.91. The van der Waals surface area contributed by atoms with Gasteiger partial charge in [0.25, 0.3) is 0 Å². The number of benzene rings is 4. The molecule has 91 heavy (non-hydrogen) atoms. The van der Waals surface area contributed by atoms with E-state index in [4.69, 9.17) is 4.12 Å². The summed E-state index contributed by atoms with van der Waals surface area (Å²) in [5.74, 6) is 0. The van der Waals surface area contributed by atoms with Crippen LogP contribution in [0.5, 0.6) is 0 Å². The summed E-state index contributed by atoms with van der Waals surface area (Å²) in [5, 5.41) is 5.88. The molecule has 0 aliphatic rings. The van der Waals surface area contributed by atoms with Crippen LogP contribution < -0.4 is 20.7 Å². The minimum Gasteiger partial charge on any atom is -0.446 e. The van der Waals surface area contributed by atoms with E-state index in [2.05, 4.69) is 239 Å². The zero-order chi connectivity index (χ0) is 67.9. The summed E-state index contributed by atoms with van der Waals surface area (Å²) in [4.78, 5) is 0. The van der Waals surface area contributed by atoms with E-state index in [9.17, 15) is 0 Å². The fourth-order valence-electron chi connectivity index (χ4n) is 15.9. The SMILES string of the molecule is CCCCCC(C)(C)c1ccc([SiH](O[SiH](c2ccc(C(C)(C)CCCCC)c(C(C)(C)CCCCC)c2)c2ccc(C(C)(C)CCCCC)c(C(C)(C)CCCCC)c2)c2ccc(C(C)(C)CCCCC)c(C(C)(C)CCCCC)c2)cc1C(C)(C)CCCCC. The summed E-state index contributed by atoms with van der Waals surface area (Å²) >= 11 is 0. The van der Waals surface area contributed by atoms with E-state index in [-0.39, 0.29) is 43.3 Å². The van der Waals surface area contributed by atoms with Crippen molar-refractivity contribution in [3.05, 3.63) is 117 Å². The number of hydrogen-bond acceptors (Lipinski definition) is 1. The topological polar surface area (TPSA) is 9.23 Å². The second-order valence-electron chi connectivity index (χ2n) is 34.8. The Morgan fingerprint density at radius 2 is 0.352 bits per heavy atom. The maximum absolute atomic E-state index is 8.96. The van der Waals surface area contributed by atoms with Gasteiger partial charge in [-0.2, -0.15) is 0 Å². The number of unbranched alkanes of at least 4 members (excludes halogenated alkanes) is 16. The Hall–Kier alpha value is -2.73. The highest BCUT2D eigenvalue weighted by Gasteiger charge is 2.39. The van der Waals surface area contributed by atoms with Crippen LogP contribution in [-0.4, -0.2) is 18.1 Å². The molecule has 1 nitrogen and oxygen atoms in total. The quantitative estimate of drug-likeness (QED) is 0.0316. The fraction of sp³-hybridized carbons (Fsp3) is 0.727. The molecule has 0 heterocycles. The Morgan fingerprint density at radius 3 is 0.495 bits per heavy atom. The molecule has 0 saturated heterocycles. The summed E-state index contributed by atoms with van der Waals surface area (Å²) in [7, 11) is -5.09. The Kier molecular flexibility index (Phi) is 32.9. The number of rotatable bonds is 46. The van der Waals surface area contributed by atoms with Gasteiger partial charge in [-0.25, -0.2) is 0 Å². The van der Waals surface area contributed by atoms with Crippen LogP contribution in [0, 0.1) is 0 Å². The van der Waals surface area contributed by atoms with E-state index in [1.165, 1.54) is 226 Å². The molecule has 0 atom stereocenters. The standard InChI is InChI=1S/C88H150OSi2/c1-25-33-41-57-81(9,10)73-53-49-69(65-77(73)85(17,18)61-45-37-29-5)90(70-50-54-74(82(11,12)58-42-34-26-2)78(66-70)86(19,20)62-46-38-30-6)89-91(71-51-55-75(83(13,14)59-43-35-27-3)79(67-71)87(21,22)63-47-39-31-7)72-52-56-76(84(15,16)60-44-36-28-4)80(68-72)88(23,24)64-48-40-32-8/h49-56,65-68,90-91H,25-48,57-64H2,1-24H3. The molecular weight excluding hydrogens is 1130 g/mol. The van der Waals surface area contributed by atoms with Crippen molar-refractivity contribution in [3.63, 3.8) is 0 Å². The Morgan fingerprint density at radius 1 is 0.209 bits per heavy atom. The first-order chi connectivity index (χ1) is 42.8. The van der Waals surface area contributed by atoms with Crippen LogP contribution in [0.25, 0.3) is 0 Å². The molecule has 4 aromatic rings. The Bertz CT molecular complexity index is 2350. The van der Waals surface area contributed by atoms with Crippen LogP contribution in [0.15, 0.2) is 72.8 Å². The average Bonchev–Trinajstić information content (AvgIpc) is 0.785. The number of hydrogen-bond donors (Lipinski definition) is 0. The molecule has 0 N–H and O–H groups in total. The smallest absolute Gasteiger partial charge is 0.228 e. The molecule has 0 spiro atoms. The summed E-state index contributed by atoms with van der Waals surface area (Å²) in [6.07, 6.45) is 40.0. The van der Waals surface area contributed by atoms with Gasteiger partial charge in [0.15, 0.2) is 0 Å². The zero-order valence-corrected chi connectivity index (χ0v) is 67.4. The Balaban J connectivity index is 2.38. The van der Waals surface area contributed by atoms with Crippen LogP contribution in [0.3, 0.4) is 0 Å². The predicted molar refractivity (Wildman–Crippen MR) is 417 cm³/mol. The monoisotopic (exact) mass is 1280 g/mol. The van der Waals surface area contributed by atoms with E-state index in [0.717, 1.165) is 0 Å². The van der Waals surface area contributed by atoms with E-state index in [1.807, 2.05) is 0 Å². The van der Waals surface area contributed by atoms with E-state index in [0.29, 0.717) is 0 Å². The molecule has 0 aliphatic carbocycles. The van der Waals surface area contributed by atoms with Gasteiger partial charge in [0.1, 0.15) is 0 Å². The van der Waals surface area contributed by atoms with Crippen molar-refractivity contribution in [2.75, 3.05) is 0 Å². The molecule has 0 unspecified atom stereocenters. The Labute approximate surface area is 571 Å². The van der Waals surface area contributed by atoms with Crippen molar-refractivity contribution in [2.24, 2.45) is 0 Å². The minimum absolute atomic E-state index is 0.00711. The molecule has 0 saturated carbocycles. The summed E-state index contributed by atoms with van der Waals surface area (Å²) in [5.41, 5.74) is 12.8. The normalized spacial score (nSPS) is 13.4. The van der Waals surface area contributed by atoms with Gasteiger partial charge in [-0.3, -0.25) is 0 Å². The molecule has 4 rings (SSSR count). The lowest BCUT2D eigenvalue weighted by atomic mass is 9.70. The van der Waals surface area contributed by atoms with Gasteiger partial charge in [-0.1, -0.05) is 393 Å². The molecule has 516 valence electrons. The molecule has 0 aliphatic heterocycles. The molecule has 0 aromatic heterocycles. The summed E-state index contributed by atoms with van der Waals surface area (Å²) in [6, 6.07) is 32.3. The molecule has 3 heteroatoms. The molecule has 0 amide bonds. The minimum atomic E-state index is -2.55. The average molecular weight is 1280 g/mol. The largest absolute Gasteiger partial charge is 0.446 e. The predicted octanol–water partition coefficient (Wildman–Crippen LogP) is 24.9. The van der Waals surface area contributed by atoms with Crippen molar-refractivity contribution in [3.8, 4) is 0 Å². The van der Waals surface area contributed by atoms with Gasteiger partial charge in [0, 0.05) is 0 Å². The second-order valence-corrected chi connectivity index (χ2v) is 40.1. The molecule has 4 aromatic carbocycles. The third-order valence-electron chi connectivity index (χ3n) is 22.7. The van der Waals surface area contributed by atoms with E-state index >= 15 is 0 Å². The van der Waals surface area contributed by atoms with E-state index in [1.54, 1.807) is 44.5 Å². The molecule has 0 fully saturated rings. The van der Waals surface area contributed by atoms with Crippen LogP contribution in [-0.2, 0) is 47.4 Å². The van der Waals surface area contributed by atoms with E-state index < -0.39 is 18.1 Å². The maximum Gasteiger partial charge on any atom is 0.228 e. The molecule has 0 radical (unpaired) electrons. The van der Waals surface area contributed by atoms with Gasteiger partial charge in [-0.05, 0) is 160 Å². The zero-order valence-electron chi connectivity index (χ0n) is 65.1. The highest BCUT2D eigenvalue weighted by Crippen LogP contribution is 2.44. The molecular formula is C88H150OSi2. The second kappa shape index (κ2) is 37.1. The van der Waals surface area contributed by atoms with Crippen molar-refractivity contribution in [2.45, 2.75) is 415 Å². The fourth-order valence-corrected chi connectivity index (χ4v) is 22.7. The third-order valence-corrected chi connectivity index (χ3v) is 28.8. The van der Waals surface area contributed by atoms with Crippen LogP contribution in [0.1, 0.15) is 416 Å². The van der Waals surface area contributed by atoms with Crippen LogP contribution in [0.2, 0.25) is 0 Å². The van der Waals surface area contributed by atoms with Gasteiger partial charge < -0.3 is 4.12 Å². The first-order valence-electron chi connectivity index (χ1n) is 39.1. The lowest BCUT2D eigenvalue weighted by molar-refractivity contribution is 0.410. The van der Waals surface area contributed by atoms with Crippen LogP contribution >= 0.6 is 0 Å². The van der Waals surface area contributed by atoms with Crippen molar-refractivity contribution in [1.29, 1.82) is 0 Å². The van der Waals surface area contributed by atoms with Crippen molar-refractivity contribution >= 4 is 38.8 Å². The van der Waals surface area contributed by atoms with Crippen LogP contribution in [0.4, 0.5) is 0 Å². The maximum atomic E-state index is 8.96. The highest BCUT2D eigenvalue weighted by atomic mass is 28.4. The lowest BCUT2D eigenvalue weighted by Gasteiger charge is -2.38.